The number of anilines is 3. The predicted octanol–water partition coefficient (Wildman–Crippen LogP) is 3.15. The number of piperazine rings is 1. The Morgan fingerprint density at radius 1 is 0.968 bits per heavy atom. The van der Waals surface area contributed by atoms with Gasteiger partial charge in [0.2, 0.25) is 0 Å². The van der Waals surface area contributed by atoms with Crippen molar-refractivity contribution in [2.45, 2.75) is 19.9 Å². The van der Waals surface area contributed by atoms with Gasteiger partial charge in [-0.25, -0.2) is 9.97 Å². The van der Waals surface area contributed by atoms with Crippen LogP contribution in [-0.4, -0.2) is 55.6 Å². The first-order valence-corrected chi connectivity index (χ1v) is 10.7. The lowest BCUT2D eigenvalue weighted by Crippen LogP contribution is -2.46. The summed E-state index contributed by atoms with van der Waals surface area (Å²) in [6.45, 7) is 7.14. The molecule has 31 heavy (non-hydrogen) atoms. The van der Waals surface area contributed by atoms with Crippen LogP contribution in [0, 0.1) is 0 Å². The molecule has 4 aromatic rings. The lowest BCUT2D eigenvalue weighted by atomic mass is 10.1. The van der Waals surface area contributed by atoms with Gasteiger partial charge in [-0.3, -0.25) is 4.90 Å². The molecule has 1 N–H and O–H groups in total. The Morgan fingerprint density at radius 3 is 2.55 bits per heavy atom. The fourth-order valence-electron chi connectivity index (χ4n) is 3.91. The highest BCUT2D eigenvalue weighted by Gasteiger charge is 2.18. The quantitative estimate of drug-likeness (QED) is 0.519. The number of nitrogens with one attached hydrogen (secondary N) is 1. The molecule has 5 rings (SSSR count). The minimum absolute atomic E-state index is 0.614. The maximum Gasteiger partial charge on any atom is 0.254 e. The Hall–Kier alpha value is -3.52. The largest absolute Gasteiger partial charge is 0.354 e. The number of aromatic nitrogens is 5. The summed E-state index contributed by atoms with van der Waals surface area (Å²) in [7, 11) is 0. The van der Waals surface area contributed by atoms with E-state index >= 15 is 0 Å². The highest BCUT2D eigenvalue weighted by Crippen LogP contribution is 2.20. The molecular weight excluding hydrogens is 388 g/mol. The zero-order valence-corrected chi connectivity index (χ0v) is 17.6. The third-order valence-corrected chi connectivity index (χ3v) is 5.65. The Balaban J connectivity index is 1.21. The van der Waals surface area contributed by atoms with Crippen LogP contribution in [0.1, 0.15) is 18.2 Å². The molecule has 1 fully saturated rings. The summed E-state index contributed by atoms with van der Waals surface area (Å²) in [5.74, 6) is 2.56. The van der Waals surface area contributed by atoms with E-state index in [9.17, 15) is 0 Å². The monoisotopic (exact) mass is 414 g/mol. The first-order chi connectivity index (χ1) is 15.3. The van der Waals surface area contributed by atoms with Crippen LogP contribution in [0.3, 0.4) is 0 Å². The van der Waals surface area contributed by atoms with Crippen molar-refractivity contribution in [1.29, 1.82) is 0 Å². The maximum absolute atomic E-state index is 4.50. The smallest absolute Gasteiger partial charge is 0.254 e. The van der Waals surface area contributed by atoms with Crippen molar-refractivity contribution in [2.75, 3.05) is 36.4 Å². The standard InChI is InChI=1S/C23H26N8/c1-2-19-15-22(31-23(28-19)25-17-26-31)27-20-8-6-18(7-9-20)16-29-11-13-30(14-12-29)21-5-3-4-10-24-21/h3-10,15,17,27H,2,11-14,16H2,1H3. The number of benzene rings is 1. The molecule has 4 heterocycles. The van der Waals surface area contributed by atoms with Gasteiger partial charge >= 0.3 is 0 Å². The van der Waals surface area contributed by atoms with Crippen molar-refractivity contribution in [3.05, 3.63) is 72.3 Å². The summed E-state index contributed by atoms with van der Waals surface area (Å²) in [6, 6.07) is 16.7. The highest BCUT2D eigenvalue weighted by atomic mass is 15.4. The van der Waals surface area contributed by atoms with E-state index in [-0.39, 0.29) is 0 Å². The molecule has 0 aliphatic carbocycles. The molecule has 3 aromatic heterocycles. The SMILES string of the molecule is CCc1cc(Nc2ccc(CN3CCN(c4ccccn4)CC3)cc2)n2ncnc2n1. The lowest BCUT2D eigenvalue weighted by molar-refractivity contribution is 0.249. The maximum atomic E-state index is 4.50. The van der Waals surface area contributed by atoms with Crippen molar-refractivity contribution in [3.8, 4) is 0 Å². The van der Waals surface area contributed by atoms with Crippen molar-refractivity contribution in [2.24, 2.45) is 0 Å². The fraction of sp³-hybridized carbons (Fsp3) is 0.304. The van der Waals surface area contributed by atoms with Gasteiger partial charge in [-0.1, -0.05) is 25.1 Å². The molecule has 0 bridgehead atoms. The summed E-state index contributed by atoms with van der Waals surface area (Å²) in [4.78, 5) is 18.0. The number of pyridine rings is 1. The van der Waals surface area contributed by atoms with Gasteiger partial charge in [-0.15, -0.1) is 0 Å². The molecular formula is C23H26N8. The van der Waals surface area contributed by atoms with Crippen LogP contribution in [0.15, 0.2) is 61.1 Å². The van der Waals surface area contributed by atoms with Gasteiger partial charge in [0, 0.05) is 56.4 Å². The van der Waals surface area contributed by atoms with E-state index in [1.165, 1.54) is 11.9 Å². The normalized spacial score (nSPS) is 14.8. The molecule has 0 radical (unpaired) electrons. The third kappa shape index (κ3) is 4.34. The molecule has 158 valence electrons. The molecule has 1 saturated heterocycles. The first kappa shape index (κ1) is 19.4. The van der Waals surface area contributed by atoms with Crippen molar-refractivity contribution in [1.82, 2.24) is 29.5 Å². The number of hydrogen-bond donors (Lipinski definition) is 1. The minimum Gasteiger partial charge on any atom is -0.354 e. The summed E-state index contributed by atoms with van der Waals surface area (Å²) < 4.78 is 1.73. The molecule has 0 saturated carbocycles. The summed E-state index contributed by atoms with van der Waals surface area (Å²) in [6.07, 6.45) is 4.24. The van der Waals surface area contributed by atoms with Crippen molar-refractivity contribution >= 4 is 23.1 Å². The van der Waals surface area contributed by atoms with Crippen LogP contribution < -0.4 is 10.2 Å². The van der Waals surface area contributed by atoms with Crippen LogP contribution in [0.5, 0.6) is 0 Å². The van der Waals surface area contributed by atoms with E-state index in [0.29, 0.717) is 5.78 Å². The highest BCUT2D eigenvalue weighted by molar-refractivity contribution is 5.59. The minimum atomic E-state index is 0.614. The number of hydrogen-bond acceptors (Lipinski definition) is 7. The van der Waals surface area contributed by atoms with Crippen molar-refractivity contribution < 1.29 is 0 Å². The predicted molar refractivity (Wildman–Crippen MR) is 122 cm³/mol. The summed E-state index contributed by atoms with van der Waals surface area (Å²) in [5.41, 5.74) is 3.32. The van der Waals surface area contributed by atoms with Gasteiger partial charge in [-0.05, 0) is 36.2 Å². The average molecular weight is 415 g/mol. The Morgan fingerprint density at radius 2 is 1.81 bits per heavy atom. The second kappa shape index (κ2) is 8.69. The molecule has 1 aliphatic heterocycles. The second-order valence-electron chi connectivity index (χ2n) is 7.73. The summed E-state index contributed by atoms with van der Waals surface area (Å²) >= 11 is 0. The molecule has 1 aliphatic rings. The molecule has 0 spiro atoms. The lowest BCUT2D eigenvalue weighted by Gasteiger charge is -2.35. The number of nitrogens with zero attached hydrogens (tertiary/aromatic N) is 7. The van der Waals surface area contributed by atoms with E-state index in [4.69, 9.17) is 0 Å². The number of aryl methyl sites for hydroxylation is 1. The zero-order chi connectivity index (χ0) is 21.0. The molecule has 0 atom stereocenters. The summed E-state index contributed by atoms with van der Waals surface area (Å²) in [5, 5.41) is 7.73. The number of fused-ring (bicyclic) bond motifs is 1. The Bertz CT molecular complexity index is 1130. The van der Waals surface area contributed by atoms with Crippen LogP contribution in [0.2, 0.25) is 0 Å². The van der Waals surface area contributed by atoms with Gasteiger partial charge in [0.1, 0.15) is 18.0 Å². The van der Waals surface area contributed by atoms with Gasteiger partial charge in [-0.2, -0.15) is 14.6 Å². The Labute approximate surface area is 181 Å². The van der Waals surface area contributed by atoms with Crippen LogP contribution in [-0.2, 0) is 13.0 Å². The van der Waals surface area contributed by atoms with E-state index < -0.39 is 0 Å². The van der Waals surface area contributed by atoms with Gasteiger partial charge in [0.15, 0.2) is 0 Å². The second-order valence-corrected chi connectivity index (χ2v) is 7.73. The molecule has 0 unspecified atom stereocenters. The van der Waals surface area contributed by atoms with E-state index in [0.717, 1.165) is 62.2 Å². The number of rotatable bonds is 6. The first-order valence-electron chi connectivity index (χ1n) is 10.7. The fourth-order valence-corrected chi connectivity index (χ4v) is 3.91. The Kier molecular flexibility index (Phi) is 5.45. The van der Waals surface area contributed by atoms with E-state index in [1.54, 1.807) is 4.52 Å². The van der Waals surface area contributed by atoms with Gasteiger partial charge in [0.05, 0.1) is 0 Å². The molecule has 1 aromatic carbocycles. The average Bonchev–Trinajstić information content (AvgIpc) is 3.30. The van der Waals surface area contributed by atoms with Crippen LogP contribution in [0.4, 0.5) is 17.3 Å². The van der Waals surface area contributed by atoms with Gasteiger partial charge < -0.3 is 10.2 Å². The third-order valence-electron chi connectivity index (χ3n) is 5.65. The van der Waals surface area contributed by atoms with Crippen LogP contribution >= 0.6 is 0 Å². The zero-order valence-electron chi connectivity index (χ0n) is 17.6. The van der Waals surface area contributed by atoms with E-state index in [1.807, 2.05) is 24.4 Å². The molecule has 8 nitrogen and oxygen atoms in total. The van der Waals surface area contributed by atoms with Gasteiger partial charge in [0.25, 0.3) is 5.78 Å². The molecule has 8 heteroatoms. The van der Waals surface area contributed by atoms with Crippen LogP contribution in [0.25, 0.3) is 5.78 Å². The van der Waals surface area contributed by atoms with E-state index in [2.05, 4.69) is 72.4 Å². The molecule has 0 amide bonds. The van der Waals surface area contributed by atoms with Crippen molar-refractivity contribution in [3.63, 3.8) is 0 Å². The topological polar surface area (TPSA) is 74.5 Å².